The van der Waals surface area contributed by atoms with Gasteiger partial charge in [0.25, 0.3) is 0 Å². The van der Waals surface area contributed by atoms with Gasteiger partial charge in [0, 0.05) is 13.8 Å². The van der Waals surface area contributed by atoms with Gasteiger partial charge >= 0.3 is 11.6 Å². The fourth-order valence-electron chi connectivity index (χ4n) is 2.39. The number of hydrogen-bond acceptors (Lipinski definition) is 0. The first-order valence-electron chi connectivity index (χ1n) is 6.05. The fourth-order valence-corrected chi connectivity index (χ4v) is 2.39. The highest BCUT2D eigenvalue weighted by molar-refractivity contribution is 5.38. The van der Waals surface area contributed by atoms with Gasteiger partial charge in [0.1, 0.15) is 23.8 Å². The maximum absolute atomic E-state index is 2.30. The van der Waals surface area contributed by atoms with Crippen LogP contribution in [0.5, 0.6) is 0 Å². The Balaban J connectivity index is 2.76. The Hall–Kier alpha value is -1.58. The maximum Gasteiger partial charge on any atom is 0.373 e. The normalized spacial score (nSPS) is 11.2. The van der Waals surface area contributed by atoms with Crippen molar-refractivity contribution in [3.63, 3.8) is 0 Å². The summed E-state index contributed by atoms with van der Waals surface area (Å²) in [6, 6.07) is 0. The van der Waals surface area contributed by atoms with Crippen molar-refractivity contribution in [1.29, 1.82) is 0 Å². The zero-order valence-electron chi connectivity index (χ0n) is 11.7. The molecule has 0 aliphatic carbocycles. The first-order valence-corrected chi connectivity index (χ1v) is 6.05. The molecule has 0 N–H and O–H groups in total. The van der Waals surface area contributed by atoms with Crippen molar-refractivity contribution in [2.24, 2.45) is 21.1 Å². The molecule has 2 aromatic heterocycles. The quantitative estimate of drug-likeness (QED) is 0.684. The van der Waals surface area contributed by atoms with Crippen LogP contribution < -0.4 is 9.13 Å². The van der Waals surface area contributed by atoms with Crippen molar-refractivity contribution < 1.29 is 9.13 Å². The van der Waals surface area contributed by atoms with Gasteiger partial charge in [-0.15, -0.1) is 0 Å². The van der Waals surface area contributed by atoms with Crippen molar-refractivity contribution in [2.45, 2.75) is 27.3 Å². The monoisotopic (exact) mass is 234 g/mol. The summed E-state index contributed by atoms with van der Waals surface area (Å²) in [5.74, 6) is 2.49. The summed E-state index contributed by atoms with van der Waals surface area (Å²) in [5.41, 5.74) is 2.55. The fraction of sp³-hybridized carbons (Fsp3) is 0.538. The predicted octanol–water partition coefficient (Wildman–Crippen LogP) is 0.779. The third kappa shape index (κ3) is 1.68. The number of hydrogen-bond donors (Lipinski definition) is 0. The molecule has 0 spiro atoms. The van der Waals surface area contributed by atoms with E-state index >= 15 is 0 Å². The van der Waals surface area contributed by atoms with Gasteiger partial charge < -0.3 is 0 Å². The molecule has 2 heterocycles. The molecule has 2 aromatic rings. The van der Waals surface area contributed by atoms with E-state index in [2.05, 4.69) is 72.6 Å². The first kappa shape index (κ1) is 11.9. The molecular formula is C13H22N4+2. The number of imidazole rings is 2. The van der Waals surface area contributed by atoms with Gasteiger partial charge in [0.05, 0.1) is 27.7 Å². The number of aryl methyl sites for hydroxylation is 4. The third-order valence-electron chi connectivity index (χ3n) is 3.56. The van der Waals surface area contributed by atoms with E-state index < -0.39 is 0 Å². The van der Waals surface area contributed by atoms with Crippen LogP contribution in [0, 0.1) is 13.8 Å². The lowest BCUT2D eigenvalue weighted by atomic mass is 10.5. The van der Waals surface area contributed by atoms with Crippen molar-refractivity contribution in [3.05, 3.63) is 23.8 Å². The Bertz CT molecular complexity index is 560. The molecule has 92 valence electrons. The second-order valence-corrected chi connectivity index (χ2v) is 4.70. The molecule has 0 aromatic carbocycles. The summed E-state index contributed by atoms with van der Waals surface area (Å²) in [4.78, 5) is 0. The summed E-state index contributed by atoms with van der Waals surface area (Å²) < 4.78 is 8.97. The van der Waals surface area contributed by atoms with E-state index in [1.165, 1.54) is 23.0 Å². The van der Waals surface area contributed by atoms with Crippen LogP contribution in [0.25, 0.3) is 11.6 Å². The van der Waals surface area contributed by atoms with Gasteiger partial charge in [-0.3, -0.25) is 0 Å². The third-order valence-corrected chi connectivity index (χ3v) is 3.56. The largest absolute Gasteiger partial charge is 0.373 e. The molecule has 17 heavy (non-hydrogen) atoms. The lowest BCUT2D eigenvalue weighted by Crippen LogP contribution is -2.39. The summed E-state index contributed by atoms with van der Waals surface area (Å²) in [5, 5.41) is 0. The van der Waals surface area contributed by atoms with Gasteiger partial charge in [-0.2, -0.15) is 0 Å². The molecule has 0 saturated carbocycles. The van der Waals surface area contributed by atoms with E-state index in [4.69, 9.17) is 0 Å². The summed E-state index contributed by atoms with van der Waals surface area (Å²) >= 11 is 0. The maximum atomic E-state index is 2.30. The SMILES string of the molecule is CC[n+]1cc(C)n(C)c1-c1n(C)c(C)c[n+]1C. The van der Waals surface area contributed by atoms with Gasteiger partial charge in [0.15, 0.2) is 0 Å². The zero-order valence-corrected chi connectivity index (χ0v) is 11.7. The smallest absolute Gasteiger partial charge is 0.226 e. The minimum atomic E-state index is 0.987. The highest BCUT2D eigenvalue weighted by Crippen LogP contribution is 2.14. The second-order valence-electron chi connectivity index (χ2n) is 4.70. The van der Waals surface area contributed by atoms with Crippen molar-refractivity contribution in [2.75, 3.05) is 0 Å². The van der Waals surface area contributed by atoms with Crippen LogP contribution in [0.3, 0.4) is 0 Å². The van der Waals surface area contributed by atoms with Gasteiger partial charge in [-0.25, -0.2) is 18.3 Å². The molecule has 0 fully saturated rings. The van der Waals surface area contributed by atoms with E-state index in [0.717, 1.165) is 6.54 Å². The topological polar surface area (TPSA) is 17.6 Å². The highest BCUT2D eigenvalue weighted by Gasteiger charge is 2.31. The molecule has 0 amide bonds. The average molecular weight is 234 g/mol. The van der Waals surface area contributed by atoms with Crippen molar-refractivity contribution >= 4 is 0 Å². The summed E-state index contributed by atoms with van der Waals surface area (Å²) in [7, 11) is 6.34. The molecule has 0 radical (unpaired) electrons. The molecule has 0 bridgehead atoms. The molecule has 0 aliphatic rings. The van der Waals surface area contributed by atoms with Crippen LogP contribution in [0.2, 0.25) is 0 Å². The first-order chi connectivity index (χ1) is 7.97. The van der Waals surface area contributed by atoms with E-state index in [0.29, 0.717) is 0 Å². The van der Waals surface area contributed by atoms with Crippen LogP contribution in [-0.2, 0) is 27.7 Å². The second kappa shape index (κ2) is 4.02. The van der Waals surface area contributed by atoms with E-state index in [9.17, 15) is 0 Å². The van der Waals surface area contributed by atoms with Crippen LogP contribution in [0.4, 0.5) is 0 Å². The van der Waals surface area contributed by atoms with Crippen LogP contribution in [-0.4, -0.2) is 9.13 Å². The summed E-state index contributed by atoms with van der Waals surface area (Å²) in [6.45, 7) is 7.45. The molecule has 4 heteroatoms. The van der Waals surface area contributed by atoms with Crippen LogP contribution in [0.15, 0.2) is 12.4 Å². The van der Waals surface area contributed by atoms with Crippen molar-refractivity contribution in [3.8, 4) is 11.6 Å². The van der Waals surface area contributed by atoms with E-state index in [1.54, 1.807) is 0 Å². The Morgan fingerprint density at radius 1 is 1.00 bits per heavy atom. The van der Waals surface area contributed by atoms with Gasteiger partial charge in [-0.05, 0) is 6.92 Å². The molecule has 2 rings (SSSR count). The van der Waals surface area contributed by atoms with Gasteiger partial charge in [0.2, 0.25) is 0 Å². The minimum absolute atomic E-state index is 0.987. The molecule has 0 unspecified atom stereocenters. The lowest BCUT2D eigenvalue weighted by Gasteiger charge is -1.99. The number of aromatic nitrogens is 4. The Labute approximate surface area is 103 Å². The standard InChI is InChI=1S/C13H22N4/c1-7-17-9-11(3)16(6)13(17)12-14(4)8-10(2)15(12)5/h8-9H,7H2,1-6H3/q+2. The summed E-state index contributed by atoms with van der Waals surface area (Å²) in [6.07, 6.45) is 4.37. The average Bonchev–Trinajstić information content (AvgIpc) is 2.69. The minimum Gasteiger partial charge on any atom is -0.226 e. The number of rotatable bonds is 2. The lowest BCUT2D eigenvalue weighted by molar-refractivity contribution is -0.703. The Morgan fingerprint density at radius 3 is 2.00 bits per heavy atom. The van der Waals surface area contributed by atoms with Crippen molar-refractivity contribution in [1.82, 2.24) is 9.13 Å². The van der Waals surface area contributed by atoms with Crippen LogP contribution >= 0.6 is 0 Å². The van der Waals surface area contributed by atoms with E-state index in [-0.39, 0.29) is 0 Å². The predicted molar refractivity (Wildman–Crippen MR) is 66.3 cm³/mol. The van der Waals surface area contributed by atoms with Crippen LogP contribution in [0.1, 0.15) is 18.3 Å². The van der Waals surface area contributed by atoms with E-state index in [1.807, 2.05) is 0 Å². The molecule has 4 nitrogen and oxygen atoms in total. The van der Waals surface area contributed by atoms with Gasteiger partial charge in [-0.1, -0.05) is 0 Å². The molecule has 0 atom stereocenters. The molecular weight excluding hydrogens is 212 g/mol. The zero-order chi connectivity index (χ0) is 12.7. The molecule has 0 saturated heterocycles. The molecule has 0 aliphatic heterocycles. The Kier molecular flexibility index (Phi) is 2.81. The number of nitrogens with zero attached hydrogens (tertiary/aromatic N) is 4. The Morgan fingerprint density at radius 2 is 1.53 bits per heavy atom. The highest BCUT2D eigenvalue weighted by atomic mass is 15.2.